The molecule has 0 unspecified atom stereocenters. The molecule has 0 aliphatic carbocycles. The molecule has 0 N–H and O–H groups in total. The van der Waals surface area contributed by atoms with E-state index in [-0.39, 0.29) is 5.75 Å². The van der Waals surface area contributed by atoms with E-state index in [1.807, 2.05) is 0 Å². The van der Waals surface area contributed by atoms with Crippen LogP contribution < -0.4 is 4.74 Å². The van der Waals surface area contributed by atoms with Crippen molar-refractivity contribution in [3.8, 4) is 28.1 Å². The molecule has 24 heavy (non-hydrogen) atoms. The third-order valence-corrected chi connectivity index (χ3v) is 3.28. The van der Waals surface area contributed by atoms with Crippen LogP contribution in [0.2, 0.25) is 0 Å². The van der Waals surface area contributed by atoms with E-state index in [0.717, 1.165) is 0 Å². The molecule has 0 spiro atoms. The van der Waals surface area contributed by atoms with Crippen molar-refractivity contribution >= 4 is 6.08 Å². The van der Waals surface area contributed by atoms with E-state index in [1.54, 1.807) is 36.4 Å². The Balaban J connectivity index is 2.02. The van der Waals surface area contributed by atoms with E-state index < -0.39 is 6.36 Å². The van der Waals surface area contributed by atoms with Gasteiger partial charge in [-0.25, -0.2) is 4.98 Å². The van der Waals surface area contributed by atoms with Gasteiger partial charge >= 0.3 is 6.36 Å². The second kappa shape index (κ2) is 6.23. The summed E-state index contributed by atoms with van der Waals surface area (Å²) in [6, 6.07) is 12.9. The maximum atomic E-state index is 12.6. The highest BCUT2D eigenvalue weighted by molar-refractivity contribution is 5.75. The zero-order valence-corrected chi connectivity index (χ0v) is 12.4. The third-order valence-electron chi connectivity index (χ3n) is 3.28. The molecule has 1 aromatic heterocycles. The van der Waals surface area contributed by atoms with Gasteiger partial charge in [-0.05, 0) is 23.8 Å². The van der Waals surface area contributed by atoms with E-state index in [9.17, 15) is 13.2 Å². The standard InChI is InChI=1S/C18H12F3NO2/c1-2-17-22-15(11-23-17)13-7-5-6-12(10-13)14-8-3-4-9-16(14)24-18(19,20)21/h2-11H,1H2. The Morgan fingerprint density at radius 2 is 1.79 bits per heavy atom. The molecule has 122 valence electrons. The van der Waals surface area contributed by atoms with Gasteiger partial charge < -0.3 is 9.15 Å². The highest BCUT2D eigenvalue weighted by atomic mass is 19.4. The number of oxazole rings is 1. The lowest BCUT2D eigenvalue weighted by atomic mass is 10.0. The van der Waals surface area contributed by atoms with Crippen LogP contribution in [0.4, 0.5) is 13.2 Å². The van der Waals surface area contributed by atoms with Gasteiger partial charge in [-0.15, -0.1) is 13.2 Å². The Labute approximate surface area is 136 Å². The number of hydrogen-bond acceptors (Lipinski definition) is 3. The van der Waals surface area contributed by atoms with Gasteiger partial charge in [-0.2, -0.15) is 0 Å². The summed E-state index contributed by atoms with van der Waals surface area (Å²) in [6.45, 7) is 3.57. The fraction of sp³-hybridized carbons (Fsp3) is 0.0556. The Morgan fingerprint density at radius 1 is 1.04 bits per heavy atom. The molecule has 0 bridgehead atoms. The zero-order valence-electron chi connectivity index (χ0n) is 12.4. The lowest BCUT2D eigenvalue weighted by Crippen LogP contribution is -2.17. The van der Waals surface area contributed by atoms with E-state index in [1.165, 1.54) is 24.5 Å². The normalized spacial score (nSPS) is 11.3. The lowest BCUT2D eigenvalue weighted by Gasteiger charge is -2.13. The van der Waals surface area contributed by atoms with Gasteiger partial charge in [0.25, 0.3) is 0 Å². The van der Waals surface area contributed by atoms with Crippen molar-refractivity contribution in [3.05, 3.63) is 67.3 Å². The summed E-state index contributed by atoms with van der Waals surface area (Å²) in [5.74, 6) is 0.116. The minimum Gasteiger partial charge on any atom is -0.444 e. The fourth-order valence-electron chi connectivity index (χ4n) is 2.28. The minimum atomic E-state index is -4.75. The smallest absolute Gasteiger partial charge is 0.444 e. The molecular weight excluding hydrogens is 319 g/mol. The van der Waals surface area contributed by atoms with Crippen LogP contribution in [0.5, 0.6) is 5.75 Å². The summed E-state index contributed by atoms with van der Waals surface area (Å²) in [5.41, 5.74) is 2.20. The molecule has 6 heteroatoms. The third kappa shape index (κ3) is 3.48. The summed E-state index contributed by atoms with van der Waals surface area (Å²) >= 11 is 0. The van der Waals surface area contributed by atoms with E-state index in [4.69, 9.17) is 4.42 Å². The number of hydrogen-bond donors (Lipinski definition) is 0. The molecule has 1 heterocycles. The summed E-state index contributed by atoms with van der Waals surface area (Å²) in [4.78, 5) is 4.22. The molecule has 0 atom stereocenters. The molecule has 0 saturated heterocycles. The zero-order chi connectivity index (χ0) is 17.2. The SMILES string of the molecule is C=Cc1nc(-c2cccc(-c3ccccc3OC(F)(F)F)c2)co1. The Hall–Kier alpha value is -3.02. The summed E-state index contributed by atoms with van der Waals surface area (Å²) < 4.78 is 47.0. The second-order valence-corrected chi connectivity index (χ2v) is 4.90. The van der Waals surface area contributed by atoms with Gasteiger partial charge in [0.1, 0.15) is 17.7 Å². The topological polar surface area (TPSA) is 35.3 Å². The van der Waals surface area contributed by atoms with Gasteiger partial charge in [0, 0.05) is 11.1 Å². The van der Waals surface area contributed by atoms with Crippen molar-refractivity contribution in [2.24, 2.45) is 0 Å². The van der Waals surface area contributed by atoms with Crippen molar-refractivity contribution in [3.63, 3.8) is 0 Å². The van der Waals surface area contributed by atoms with Crippen LogP contribution in [-0.2, 0) is 0 Å². The van der Waals surface area contributed by atoms with Gasteiger partial charge in [0.05, 0.1) is 0 Å². The molecule has 0 radical (unpaired) electrons. The monoisotopic (exact) mass is 331 g/mol. The number of ether oxygens (including phenoxy) is 1. The molecule has 0 amide bonds. The van der Waals surface area contributed by atoms with Crippen molar-refractivity contribution < 1.29 is 22.3 Å². The number of alkyl halides is 3. The van der Waals surface area contributed by atoms with Crippen LogP contribution in [0.15, 0.2) is 65.8 Å². The molecular formula is C18H12F3NO2. The van der Waals surface area contributed by atoms with Gasteiger partial charge in [-0.3, -0.25) is 0 Å². The van der Waals surface area contributed by atoms with Crippen LogP contribution in [0.3, 0.4) is 0 Å². The van der Waals surface area contributed by atoms with E-state index in [2.05, 4.69) is 16.3 Å². The lowest BCUT2D eigenvalue weighted by molar-refractivity contribution is -0.274. The number of nitrogens with zero attached hydrogens (tertiary/aromatic N) is 1. The molecule has 3 aromatic rings. The molecule has 0 aliphatic rings. The second-order valence-electron chi connectivity index (χ2n) is 4.90. The average Bonchev–Trinajstić information content (AvgIpc) is 3.03. The van der Waals surface area contributed by atoms with Crippen molar-refractivity contribution in [2.75, 3.05) is 0 Å². The van der Waals surface area contributed by atoms with E-state index in [0.29, 0.717) is 28.3 Å². The minimum absolute atomic E-state index is 0.255. The average molecular weight is 331 g/mol. The first-order chi connectivity index (χ1) is 11.5. The highest BCUT2D eigenvalue weighted by Crippen LogP contribution is 2.35. The molecule has 0 fully saturated rings. The van der Waals surface area contributed by atoms with Gasteiger partial charge in [0.15, 0.2) is 0 Å². The number of halogens is 3. The largest absolute Gasteiger partial charge is 0.573 e. The Bertz CT molecular complexity index is 868. The van der Waals surface area contributed by atoms with Crippen LogP contribution in [-0.4, -0.2) is 11.3 Å². The van der Waals surface area contributed by atoms with Gasteiger partial charge in [-0.1, -0.05) is 43.0 Å². The Kier molecular flexibility index (Phi) is 4.12. The molecule has 0 aliphatic heterocycles. The summed E-state index contributed by atoms with van der Waals surface area (Å²) in [6.07, 6.45) is -1.81. The number of benzene rings is 2. The fourth-order valence-corrected chi connectivity index (χ4v) is 2.28. The van der Waals surface area contributed by atoms with Crippen LogP contribution >= 0.6 is 0 Å². The van der Waals surface area contributed by atoms with Crippen molar-refractivity contribution in [1.29, 1.82) is 0 Å². The summed E-state index contributed by atoms with van der Waals surface area (Å²) in [5, 5.41) is 0. The maximum absolute atomic E-state index is 12.6. The quantitative estimate of drug-likeness (QED) is 0.629. The van der Waals surface area contributed by atoms with Crippen molar-refractivity contribution in [2.45, 2.75) is 6.36 Å². The van der Waals surface area contributed by atoms with Crippen LogP contribution in [0, 0.1) is 0 Å². The first-order valence-corrected chi connectivity index (χ1v) is 7.00. The van der Waals surface area contributed by atoms with Gasteiger partial charge in [0.2, 0.25) is 5.89 Å². The first kappa shape index (κ1) is 15.9. The van der Waals surface area contributed by atoms with Crippen LogP contribution in [0.25, 0.3) is 28.5 Å². The predicted octanol–water partition coefficient (Wildman–Crippen LogP) is 5.55. The van der Waals surface area contributed by atoms with Crippen LogP contribution in [0.1, 0.15) is 5.89 Å². The molecule has 3 rings (SSSR count). The Morgan fingerprint density at radius 3 is 2.50 bits per heavy atom. The van der Waals surface area contributed by atoms with Crippen molar-refractivity contribution in [1.82, 2.24) is 4.98 Å². The number of aromatic nitrogens is 1. The maximum Gasteiger partial charge on any atom is 0.573 e. The summed E-state index contributed by atoms with van der Waals surface area (Å²) in [7, 11) is 0. The number of rotatable bonds is 4. The molecule has 2 aromatic carbocycles. The first-order valence-electron chi connectivity index (χ1n) is 7.00. The predicted molar refractivity (Wildman–Crippen MR) is 84.1 cm³/mol. The highest BCUT2D eigenvalue weighted by Gasteiger charge is 2.32. The molecule has 3 nitrogen and oxygen atoms in total. The number of para-hydroxylation sites is 1. The van der Waals surface area contributed by atoms with E-state index >= 15 is 0 Å². The molecule has 0 saturated carbocycles.